The van der Waals surface area contributed by atoms with Crippen LogP contribution >= 0.6 is 23.5 Å². The van der Waals surface area contributed by atoms with Gasteiger partial charge >= 0.3 is 0 Å². The smallest absolute Gasteiger partial charge is 0.0482 e. The number of nitrogens with one attached hydrogen (secondary N) is 1. The Morgan fingerprint density at radius 3 is 3.00 bits per heavy atom. The predicted molar refractivity (Wildman–Crippen MR) is 86.3 cm³/mol. The van der Waals surface area contributed by atoms with E-state index < -0.39 is 0 Å². The van der Waals surface area contributed by atoms with E-state index >= 15 is 0 Å². The molecule has 1 N–H and O–H groups in total. The molecule has 2 heterocycles. The number of aromatic nitrogens is 1. The van der Waals surface area contributed by atoms with E-state index in [2.05, 4.69) is 59.9 Å². The van der Waals surface area contributed by atoms with Crippen LogP contribution in [-0.4, -0.2) is 40.1 Å². The molecule has 0 radical (unpaired) electrons. The van der Waals surface area contributed by atoms with Crippen LogP contribution in [0.4, 0.5) is 0 Å². The van der Waals surface area contributed by atoms with Crippen LogP contribution in [0.5, 0.6) is 0 Å². The average Bonchev–Trinajstić information content (AvgIpc) is 2.86. The van der Waals surface area contributed by atoms with Gasteiger partial charge in [-0.2, -0.15) is 23.5 Å². The van der Waals surface area contributed by atoms with Crippen molar-refractivity contribution in [2.45, 2.75) is 42.2 Å². The lowest BCUT2D eigenvalue weighted by Crippen LogP contribution is -2.46. The summed E-state index contributed by atoms with van der Waals surface area (Å²) in [6, 6.07) is 4.88. The Morgan fingerprint density at radius 1 is 1.37 bits per heavy atom. The van der Waals surface area contributed by atoms with Gasteiger partial charge in [0.15, 0.2) is 0 Å². The predicted octanol–water partition coefficient (Wildman–Crippen LogP) is 2.94. The highest BCUT2D eigenvalue weighted by Crippen LogP contribution is 2.41. The fourth-order valence-corrected chi connectivity index (χ4v) is 6.48. The maximum Gasteiger partial charge on any atom is 0.0482 e. The van der Waals surface area contributed by atoms with Gasteiger partial charge in [0.2, 0.25) is 0 Å². The highest BCUT2D eigenvalue weighted by molar-refractivity contribution is 8.07. The van der Waals surface area contributed by atoms with Crippen molar-refractivity contribution in [2.75, 3.05) is 18.6 Å². The minimum atomic E-state index is 0.559. The standard InChI is InChI=1S/C15H22N2S2/c1-10-15(19-9-8-18-10)14(16-2)12-6-5-11-4-3-7-17-13(11)12/h3-4,7,10,12,14-16H,5-6,8-9H2,1-2H3. The second-order valence-electron chi connectivity index (χ2n) is 5.42. The van der Waals surface area contributed by atoms with E-state index in [-0.39, 0.29) is 0 Å². The van der Waals surface area contributed by atoms with Crippen LogP contribution < -0.4 is 5.32 Å². The van der Waals surface area contributed by atoms with Crippen molar-refractivity contribution in [3.63, 3.8) is 0 Å². The fourth-order valence-electron chi connectivity index (χ4n) is 3.43. The molecule has 4 atom stereocenters. The Labute approximate surface area is 124 Å². The van der Waals surface area contributed by atoms with Crippen LogP contribution in [-0.2, 0) is 6.42 Å². The Morgan fingerprint density at radius 2 is 2.21 bits per heavy atom. The molecule has 0 bridgehead atoms. The van der Waals surface area contributed by atoms with Gasteiger partial charge in [-0.3, -0.25) is 4.98 Å². The van der Waals surface area contributed by atoms with Crippen LogP contribution in [0.25, 0.3) is 0 Å². The molecule has 0 saturated carbocycles. The molecule has 0 amide bonds. The third kappa shape index (κ3) is 2.67. The number of hydrogen-bond donors (Lipinski definition) is 1. The number of rotatable bonds is 3. The Hall–Kier alpha value is -0.190. The van der Waals surface area contributed by atoms with Crippen molar-refractivity contribution < 1.29 is 0 Å². The summed E-state index contributed by atoms with van der Waals surface area (Å²) in [5.41, 5.74) is 2.82. The van der Waals surface area contributed by atoms with E-state index in [0.29, 0.717) is 17.2 Å². The van der Waals surface area contributed by atoms with Crippen LogP contribution in [0.3, 0.4) is 0 Å². The number of likely N-dealkylation sites (N-methyl/N-ethyl adjacent to an activating group) is 1. The van der Waals surface area contributed by atoms with E-state index in [4.69, 9.17) is 0 Å². The molecular formula is C15H22N2S2. The van der Waals surface area contributed by atoms with E-state index in [9.17, 15) is 0 Å². The summed E-state index contributed by atoms with van der Waals surface area (Å²) in [6.45, 7) is 2.39. The minimum absolute atomic E-state index is 0.559. The van der Waals surface area contributed by atoms with E-state index in [1.165, 1.54) is 35.6 Å². The quantitative estimate of drug-likeness (QED) is 0.926. The topological polar surface area (TPSA) is 24.9 Å². The Kier molecular flexibility index (Phi) is 4.40. The van der Waals surface area contributed by atoms with E-state index in [1.807, 2.05) is 6.20 Å². The summed E-state index contributed by atoms with van der Waals surface area (Å²) < 4.78 is 0. The zero-order valence-corrected chi connectivity index (χ0v) is 13.3. The summed E-state index contributed by atoms with van der Waals surface area (Å²) in [5.74, 6) is 3.19. The lowest BCUT2D eigenvalue weighted by Gasteiger charge is -2.37. The number of thioether (sulfide) groups is 2. The summed E-state index contributed by atoms with van der Waals surface area (Å²) >= 11 is 4.28. The summed E-state index contributed by atoms with van der Waals surface area (Å²) in [7, 11) is 2.12. The summed E-state index contributed by atoms with van der Waals surface area (Å²) in [4.78, 5) is 4.67. The molecule has 2 nitrogen and oxygen atoms in total. The second-order valence-corrected chi connectivity index (χ2v) is 8.19. The van der Waals surface area contributed by atoms with Crippen molar-refractivity contribution in [3.05, 3.63) is 29.6 Å². The molecule has 1 aromatic heterocycles. The van der Waals surface area contributed by atoms with Crippen molar-refractivity contribution in [1.29, 1.82) is 0 Å². The molecule has 4 heteroatoms. The number of fused-ring (bicyclic) bond motifs is 1. The van der Waals surface area contributed by atoms with Crippen LogP contribution in [0.1, 0.15) is 30.5 Å². The molecular weight excluding hydrogens is 272 g/mol. The van der Waals surface area contributed by atoms with Gasteiger partial charge in [-0.25, -0.2) is 0 Å². The average molecular weight is 294 g/mol. The maximum atomic E-state index is 4.67. The van der Waals surface area contributed by atoms with Gasteiger partial charge in [0.1, 0.15) is 0 Å². The molecule has 19 heavy (non-hydrogen) atoms. The van der Waals surface area contributed by atoms with Gasteiger partial charge in [0, 0.05) is 45.9 Å². The molecule has 1 aromatic rings. The number of aryl methyl sites for hydroxylation is 1. The molecule has 2 aliphatic rings. The molecule has 1 aliphatic heterocycles. The molecule has 104 valence electrons. The van der Waals surface area contributed by atoms with Crippen LogP contribution in [0, 0.1) is 0 Å². The van der Waals surface area contributed by atoms with Crippen molar-refractivity contribution >= 4 is 23.5 Å². The van der Waals surface area contributed by atoms with Crippen LogP contribution in [0.2, 0.25) is 0 Å². The maximum absolute atomic E-state index is 4.67. The van der Waals surface area contributed by atoms with Gasteiger partial charge < -0.3 is 5.32 Å². The van der Waals surface area contributed by atoms with E-state index in [0.717, 1.165) is 5.25 Å². The first kappa shape index (κ1) is 13.8. The molecule has 1 fully saturated rings. The largest absolute Gasteiger partial charge is 0.315 e. The van der Waals surface area contributed by atoms with Crippen molar-refractivity contribution in [2.24, 2.45) is 0 Å². The Balaban J connectivity index is 1.83. The molecule has 0 aromatic carbocycles. The lowest BCUT2D eigenvalue weighted by atomic mass is 9.93. The first-order valence-corrected chi connectivity index (χ1v) is 9.25. The van der Waals surface area contributed by atoms with Gasteiger partial charge in [-0.15, -0.1) is 0 Å². The monoisotopic (exact) mass is 294 g/mol. The number of nitrogens with zero attached hydrogens (tertiary/aromatic N) is 1. The first-order chi connectivity index (χ1) is 9.31. The number of pyridine rings is 1. The highest BCUT2D eigenvalue weighted by Gasteiger charge is 2.38. The number of hydrogen-bond acceptors (Lipinski definition) is 4. The van der Waals surface area contributed by atoms with Gasteiger partial charge in [-0.1, -0.05) is 13.0 Å². The zero-order chi connectivity index (χ0) is 13.2. The molecule has 0 spiro atoms. The summed E-state index contributed by atoms with van der Waals surface area (Å²) in [5, 5.41) is 5.06. The molecule has 1 aliphatic carbocycles. The molecule has 3 rings (SSSR count). The highest BCUT2D eigenvalue weighted by atomic mass is 32.2. The molecule has 4 unspecified atom stereocenters. The fraction of sp³-hybridized carbons (Fsp3) is 0.667. The lowest BCUT2D eigenvalue weighted by molar-refractivity contribution is 0.436. The van der Waals surface area contributed by atoms with Crippen molar-refractivity contribution in [3.8, 4) is 0 Å². The van der Waals surface area contributed by atoms with E-state index in [1.54, 1.807) is 0 Å². The first-order valence-electron chi connectivity index (χ1n) is 7.15. The van der Waals surface area contributed by atoms with Gasteiger partial charge in [0.05, 0.1) is 0 Å². The summed E-state index contributed by atoms with van der Waals surface area (Å²) in [6.07, 6.45) is 4.41. The molecule has 1 saturated heterocycles. The van der Waals surface area contributed by atoms with Crippen molar-refractivity contribution in [1.82, 2.24) is 10.3 Å². The normalized spacial score (nSPS) is 32.0. The third-order valence-corrected chi connectivity index (χ3v) is 7.58. The SMILES string of the molecule is CNC(C1CCc2cccnc21)C1SCCSC1C. The van der Waals surface area contributed by atoms with Crippen LogP contribution in [0.15, 0.2) is 18.3 Å². The van der Waals surface area contributed by atoms with Gasteiger partial charge in [-0.05, 0) is 31.5 Å². The third-order valence-electron chi connectivity index (χ3n) is 4.36. The zero-order valence-electron chi connectivity index (χ0n) is 11.6. The minimum Gasteiger partial charge on any atom is -0.315 e. The Bertz CT molecular complexity index is 438. The second kappa shape index (κ2) is 6.06. The van der Waals surface area contributed by atoms with Gasteiger partial charge in [0.25, 0.3) is 0 Å².